The molecule has 116 valence electrons. The van der Waals surface area contributed by atoms with Gasteiger partial charge in [0.1, 0.15) is 0 Å². The third-order valence-corrected chi connectivity index (χ3v) is 6.05. The van der Waals surface area contributed by atoms with Crippen LogP contribution in [0.2, 0.25) is 0 Å². The van der Waals surface area contributed by atoms with Crippen molar-refractivity contribution in [2.24, 2.45) is 5.73 Å². The summed E-state index contributed by atoms with van der Waals surface area (Å²) < 4.78 is 1.20. The van der Waals surface area contributed by atoms with E-state index in [4.69, 9.17) is 5.73 Å². The number of halogens is 1. The number of hydrogen-bond acceptors (Lipinski definition) is 3. The number of likely N-dealkylation sites (tertiary alicyclic amines) is 1. The van der Waals surface area contributed by atoms with Gasteiger partial charge < -0.3 is 5.73 Å². The first-order valence-corrected chi connectivity index (χ1v) is 8.81. The Kier molecular flexibility index (Phi) is 4.69. The van der Waals surface area contributed by atoms with Crippen LogP contribution >= 0.6 is 15.9 Å². The van der Waals surface area contributed by atoms with E-state index in [0.29, 0.717) is 18.6 Å². The number of nitrogens with two attached hydrogens (primary N) is 1. The van der Waals surface area contributed by atoms with Crippen molar-refractivity contribution in [3.63, 3.8) is 0 Å². The zero-order valence-corrected chi connectivity index (χ0v) is 14.6. The van der Waals surface area contributed by atoms with Crippen LogP contribution in [0.1, 0.15) is 36.4 Å². The quantitative estimate of drug-likeness (QED) is 0.908. The molecule has 2 bridgehead atoms. The fourth-order valence-electron chi connectivity index (χ4n) is 3.99. The van der Waals surface area contributed by atoms with Gasteiger partial charge in [-0.15, -0.1) is 0 Å². The largest absolute Gasteiger partial charge is 0.329 e. The summed E-state index contributed by atoms with van der Waals surface area (Å²) in [4.78, 5) is 5.20. The van der Waals surface area contributed by atoms with Gasteiger partial charge in [0.05, 0.1) is 0 Å². The van der Waals surface area contributed by atoms with Crippen molar-refractivity contribution in [3.8, 4) is 0 Å². The van der Waals surface area contributed by atoms with Gasteiger partial charge in [0.25, 0.3) is 0 Å². The summed E-state index contributed by atoms with van der Waals surface area (Å²) >= 11 is 3.73. The van der Waals surface area contributed by atoms with Crippen molar-refractivity contribution in [3.05, 3.63) is 33.8 Å². The predicted octanol–water partition coefficient (Wildman–Crippen LogP) is 2.93. The van der Waals surface area contributed by atoms with Gasteiger partial charge in [-0.2, -0.15) is 0 Å². The maximum atomic E-state index is 6.15. The predicted molar refractivity (Wildman–Crippen MR) is 91.4 cm³/mol. The lowest BCUT2D eigenvalue weighted by atomic mass is 10.0. The highest BCUT2D eigenvalue weighted by atomic mass is 79.9. The molecule has 2 saturated heterocycles. The number of rotatable bonds is 3. The molecule has 0 spiro atoms. The summed E-state index contributed by atoms with van der Waals surface area (Å²) in [6.45, 7) is 5.12. The minimum atomic E-state index is 0.327. The van der Waals surface area contributed by atoms with E-state index in [9.17, 15) is 0 Å². The Hall–Kier alpha value is -0.420. The van der Waals surface area contributed by atoms with Gasteiger partial charge in [-0.25, -0.2) is 0 Å². The molecule has 4 heteroatoms. The number of fused-ring (bicyclic) bond motifs is 2. The van der Waals surface area contributed by atoms with E-state index in [0.717, 1.165) is 19.1 Å². The van der Waals surface area contributed by atoms with Crippen molar-refractivity contribution in [1.82, 2.24) is 9.80 Å². The van der Waals surface area contributed by atoms with Crippen LogP contribution in [0.4, 0.5) is 0 Å². The zero-order chi connectivity index (χ0) is 15.0. The molecular formula is C17H26BrN3. The molecule has 3 unspecified atom stereocenters. The van der Waals surface area contributed by atoms with E-state index in [1.165, 1.54) is 34.9 Å². The SMILES string of the molecule is Cc1ccc(C(CN)N2CCC3CCC(C2)N3C)c(Br)c1. The maximum Gasteiger partial charge on any atom is 0.0482 e. The average molecular weight is 352 g/mol. The van der Waals surface area contributed by atoms with Crippen LogP contribution in [0, 0.1) is 6.92 Å². The highest BCUT2D eigenvalue weighted by Gasteiger charge is 2.36. The first-order chi connectivity index (χ1) is 10.1. The lowest BCUT2D eigenvalue weighted by molar-refractivity contribution is 0.174. The first kappa shape index (κ1) is 15.5. The van der Waals surface area contributed by atoms with Crippen LogP contribution in [0.3, 0.4) is 0 Å². The third-order valence-electron chi connectivity index (χ3n) is 5.36. The highest BCUT2D eigenvalue weighted by Crippen LogP contribution is 2.34. The number of aryl methyl sites for hydroxylation is 1. The van der Waals surface area contributed by atoms with Gasteiger partial charge in [0, 0.05) is 42.2 Å². The Labute approximate surface area is 136 Å². The normalized spacial score (nSPS) is 28.6. The molecule has 3 rings (SSSR count). The Bertz CT molecular complexity index is 505. The lowest BCUT2D eigenvalue weighted by Gasteiger charge is -2.33. The monoisotopic (exact) mass is 351 g/mol. The van der Waals surface area contributed by atoms with Crippen LogP contribution in [0.5, 0.6) is 0 Å². The summed E-state index contributed by atoms with van der Waals surface area (Å²) in [5.41, 5.74) is 8.77. The van der Waals surface area contributed by atoms with Crippen molar-refractivity contribution in [1.29, 1.82) is 0 Å². The molecule has 2 aliphatic heterocycles. The number of hydrogen-bond donors (Lipinski definition) is 1. The molecule has 2 heterocycles. The third kappa shape index (κ3) is 3.04. The minimum absolute atomic E-state index is 0.327. The van der Waals surface area contributed by atoms with E-state index in [1.54, 1.807) is 0 Å². The van der Waals surface area contributed by atoms with Crippen molar-refractivity contribution in [2.75, 3.05) is 26.7 Å². The van der Waals surface area contributed by atoms with Gasteiger partial charge in [-0.3, -0.25) is 9.80 Å². The van der Waals surface area contributed by atoms with Crippen LogP contribution < -0.4 is 5.73 Å². The van der Waals surface area contributed by atoms with E-state index in [2.05, 4.69) is 57.9 Å². The molecule has 0 radical (unpaired) electrons. The highest BCUT2D eigenvalue weighted by molar-refractivity contribution is 9.10. The standard InChI is InChI=1S/C17H26BrN3/c1-12-3-6-15(16(18)9-12)17(10-19)21-8-7-13-4-5-14(11-21)20(13)2/h3,6,9,13-14,17H,4-5,7-8,10-11,19H2,1-2H3. The Morgan fingerprint density at radius 2 is 2.05 bits per heavy atom. The van der Waals surface area contributed by atoms with Gasteiger partial charge in [-0.1, -0.05) is 28.1 Å². The Balaban J connectivity index is 1.83. The molecule has 21 heavy (non-hydrogen) atoms. The van der Waals surface area contributed by atoms with Gasteiger partial charge in [-0.05, 0) is 50.4 Å². The second kappa shape index (κ2) is 6.37. The molecule has 1 aromatic rings. The smallest absolute Gasteiger partial charge is 0.0482 e. The van der Waals surface area contributed by atoms with Crippen molar-refractivity contribution in [2.45, 2.75) is 44.3 Å². The zero-order valence-electron chi connectivity index (χ0n) is 13.1. The summed E-state index contributed by atoms with van der Waals surface area (Å²) in [7, 11) is 2.30. The van der Waals surface area contributed by atoms with Gasteiger partial charge >= 0.3 is 0 Å². The van der Waals surface area contributed by atoms with Crippen LogP contribution in [0.25, 0.3) is 0 Å². The molecule has 3 atom stereocenters. The summed E-state index contributed by atoms with van der Waals surface area (Å²) in [6.07, 6.45) is 3.98. The number of likely N-dealkylation sites (N-methyl/N-ethyl adjacent to an activating group) is 1. The fraction of sp³-hybridized carbons (Fsp3) is 0.647. The van der Waals surface area contributed by atoms with Crippen molar-refractivity contribution < 1.29 is 0 Å². The molecule has 3 nitrogen and oxygen atoms in total. The first-order valence-electron chi connectivity index (χ1n) is 8.02. The minimum Gasteiger partial charge on any atom is -0.329 e. The van der Waals surface area contributed by atoms with E-state index < -0.39 is 0 Å². The van der Waals surface area contributed by atoms with Crippen LogP contribution in [-0.2, 0) is 0 Å². The van der Waals surface area contributed by atoms with Gasteiger partial charge in [0.15, 0.2) is 0 Å². The summed E-state index contributed by atoms with van der Waals surface area (Å²) in [6, 6.07) is 8.44. The number of benzene rings is 1. The molecule has 2 fully saturated rings. The molecule has 0 saturated carbocycles. The Morgan fingerprint density at radius 3 is 2.76 bits per heavy atom. The summed E-state index contributed by atoms with van der Waals surface area (Å²) in [5.74, 6) is 0. The van der Waals surface area contributed by atoms with E-state index >= 15 is 0 Å². The maximum absolute atomic E-state index is 6.15. The molecule has 0 aliphatic carbocycles. The second-order valence-corrected chi connectivity index (χ2v) is 7.46. The molecule has 2 aliphatic rings. The molecular weight excluding hydrogens is 326 g/mol. The molecule has 1 aromatic carbocycles. The van der Waals surface area contributed by atoms with Gasteiger partial charge in [0.2, 0.25) is 0 Å². The fourth-order valence-corrected chi connectivity index (χ4v) is 4.75. The average Bonchev–Trinajstić information content (AvgIpc) is 2.68. The molecule has 0 aromatic heterocycles. The summed E-state index contributed by atoms with van der Waals surface area (Å²) in [5, 5.41) is 0. The van der Waals surface area contributed by atoms with Crippen LogP contribution in [-0.4, -0.2) is 48.6 Å². The van der Waals surface area contributed by atoms with Crippen LogP contribution in [0.15, 0.2) is 22.7 Å². The molecule has 0 amide bonds. The van der Waals surface area contributed by atoms with E-state index in [1.807, 2.05) is 0 Å². The number of nitrogens with zero attached hydrogens (tertiary/aromatic N) is 2. The van der Waals surface area contributed by atoms with E-state index in [-0.39, 0.29) is 0 Å². The van der Waals surface area contributed by atoms with Crippen molar-refractivity contribution >= 4 is 15.9 Å². The second-order valence-electron chi connectivity index (χ2n) is 6.61. The molecule has 2 N–H and O–H groups in total. The topological polar surface area (TPSA) is 32.5 Å². The Morgan fingerprint density at radius 1 is 1.29 bits per heavy atom. The lowest BCUT2D eigenvalue weighted by Crippen LogP contribution is -2.40.